The molecule has 0 atom stereocenters. The van der Waals surface area contributed by atoms with E-state index >= 15 is 0 Å². The van der Waals surface area contributed by atoms with Gasteiger partial charge in [-0.2, -0.15) is 5.10 Å². The van der Waals surface area contributed by atoms with Crippen LogP contribution in [0.15, 0.2) is 83.3 Å². The lowest BCUT2D eigenvalue weighted by Crippen LogP contribution is -2.38. The molecule has 7 nitrogen and oxygen atoms in total. The van der Waals surface area contributed by atoms with Gasteiger partial charge in [-0.3, -0.25) is 0 Å². The summed E-state index contributed by atoms with van der Waals surface area (Å²) in [6.07, 6.45) is -1.64. The lowest BCUT2D eigenvalue weighted by atomic mass is 10.1. The Kier molecular flexibility index (Phi) is 7.09. The van der Waals surface area contributed by atoms with E-state index in [2.05, 4.69) is 25.0 Å². The summed E-state index contributed by atoms with van der Waals surface area (Å²) in [5.74, 6) is 0.824. The summed E-state index contributed by atoms with van der Waals surface area (Å²) in [6, 6.07) is 18.0. The molecule has 2 heterocycles. The van der Waals surface area contributed by atoms with Crippen LogP contribution >= 0.6 is 35.0 Å². The first-order valence-electron chi connectivity index (χ1n) is 10.6. The molecule has 1 aliphatic rings. The van der Waals surface area contributed by atoms with Crippen LogP contribution in [0.25, 0.3) is 17.1 Å². The number of anilines is 1. The third kappa shape index (κ3) is 5.90. The van der Waals surface area contributed by atoms with Crippen LogP contribution < -0.4 is 9.64 Å². The van der Waals surface area contributed by atoms with Gasteiger partial charge in [-0.1, -0.05) is 65.3 Å². The molecule has 1 fully saturated rings. The van der Waals surface area contributed by atoms with Crippen molar-refractivity contribution in [1.82, 2.24) is 14.8 Å². The molecule has 37 heavy (non-hydrogen) atoms. The highest BCUT2D eigenvalue weighted by atomic mass is 35.5. The van der Waals surface area contributed by atoms with Crippen LogP contribution in [0.2, 0.25) is 10.0 Å². The van der Waals surface area contributed by atoms with Crippen LogP contribution in [-0.2, 0) is 0 Å². The van der Waals surface area contributed by atoms with Crippen LogP contribution in [0.5, 0.6) is 5.75 Å². The van der Waals surface area contributed by atoms with Crippen molar-refractivity contribution in [2.45, 2.75) is 6.36 Å². The molecule has 0 aliphatic carbocycles. The smallest absolute Gasteiger partial charge is 0.406 e. The molecule has 0 bridgehead atoms. The Labute approximate surface area is 223 Å². The van der Waals surface area contributed by atoms with E-state index < -0.39 is 6.36 Å². The summed E-state index contributed by atoms with van der Waals surface area (Å²) >= 11 is 14.1. The van der Waals surface area contributed by atoms with Crippen LogP contribution in [-0.4, -0.2) is 38.4 Å². The quantitative estimate of drug-likeness (QED) is 0.186. The number of thioether (sulfide) groups is 1. The second-order valence-corrected chi connectivity index (χ2v) is 9.30. The summed E-state index contributed by atoms with van der Waals surface area (Å²) < 4.78 is 42.4. The van der Waals surface area contributed by atoms with Crippen molar-refractivity contribution in [2.24, 2.45) is 10.2 Å². The maximum Gasteiger partial charge on any atom is 0.573 e. The molecule has 5 rings (SSSR count). The van der Waals surface area contributed by atoms with Crippen molar-refractivity contribution in [3.05, 3.63) is 88.7 Å². The van der Waals surface area contributed by atoms with Gasteiger partial charge in [0.25, 0.3) is 0 Å². The van der Waals surface area contributed by atoms with Crippen LogP contribution in [0.1, 0.15) is 5.56 Å². The van der Waals surface area contributed by atoms with E-state index in [4.69, 9.17) is 23.2 Å². The van der Waals surface area contributed by atoms with E-state index in [1.807, 2.05) is 29.2 Å². The topological polar surface area (TPSA) is 67.9 Å². The molecule has 0 N–H and O–H groups in total. The van der Waals surface area contributed by atoms with E-state index in [0.717, 1.165) is 11.1 Å². The number of ether oxygens (including phenoxy) is 1. The Balaban J connectivity index is 1.24. The van der Waals surface area contributed by atoms with Crippen molar-refractivity contribution in [2.75, 3.05) is 10.8 Å². The highest BCUT2D eigenvalue weighted by Crippen LogP contribution is 2.40. The largest absolute Gasteiger partial charge is 0.573 e. The molecule has 0 saturated carbocycles. The molecule has 0 amide bonds. The number of hydrogen-bond donors (Lipinski definition) is 0. The van der Waals surface area contributed by atoms with Crippen molar-refractivity contribution in [3.63, 3.8) is 0 Å². The zero-order chi connectivity index (χ0) is 26.0. The zero-order valence-corrected chi connectivity index (χ0v) is 20.9. The Morgan fingerprint density at radius 1 is 0.973 bits per heavy atom. The minimum Gasteiger partial charge on any atom is -0.406 e. The Morgan fingerprint density at radius 2 is 1.68 bits per heavy atom. The SMILES string of the molecule is FC(F)(F)Oc1ccc(-n2cnc(-c3ccc(/C=N/N=C4\SCN4c4c(Cl)cccc4Cl)cc3)n2)cc1. The third-order valence-electron chi connectivity index (χ3n) is 5.11. The first-order chi connectivity index (χ1) is 17.8. The minimum absolute atomic E-state index is 0.310. The van der Waals surface area contributed by atoms with Gasteiger partial charge in [0.2, 0.25) is 0 Å². The molecule has 0 spiro atoms. The van der Waals surface area contributed by atoms with Crippen molar-refractivity contribution in [1.29, 1.82) is 0 Å². The summed E-state index contributed by atoms with van der Waals surface area (Å²) in [7, 11) is 0. The molecule has 0 radical (unpaired) electrons. The first-order valence-corrected chi connectivity index (χ1v) is 12.3. The fourth-order valence-electron chi connectivity index (χ4n) is 3.36. The van der Waals surface area contributed by atoms with Gasteiger partial charge in [0.05, 0.1) is 33.5 Å². The molecule has 1 saturated heterocycles. The molecule has 3 aromatic carbocycles. The number of para-hydroxylation sites is 1. The fraction of sp³-hybridized carbons (Fsp3) is 0.0833. The van der Waals surface area contributed by atoms with Crippen LogP contribution in [0, 0.1) is 0 Å². The number of benzene rings is 3. The number of rotatable bonds is 6. The average molecular weight is 563 g/mol. The number of hydrogen-bond acceptors (Lipinski definition) is 6. The van der Waals surface area contributed by atoms with E-state index in [0.29, 0.717) is 38.3 Å². The van der Waals surface area contributed by atoms with Gasteiger partial charge in [0.15, 0.2) is 11.0 Å². The van der Waals surface area contributed by atoms with E-state index in [1.54, 1.807) is 24.4 Å². The summed E-state index contributed by atoms with van der Waals surface area (Å²) in [5.41, 5.74) is 2.82. The molecule has 1 aromatic heterocycles. The molecule has 0 unspecified atom stereocenters. The molecule has 188 valence electrons. The van der Waals surface area contributed by atoms with Gasteiger partial charge >= 0.3 is 6.36 Å². The maximum absolute atomic E-state index is 12.3. The minimum atomic E-state index is -4.74. The summed E-state index contributed by atoms with van der Waals surface area (Å²) in [4.78, 5) is 6.18. The van der Waals surface area contributed by atoms with E-state index in [-0.39, 0.29) is 5.75 Å². The maximum atomic E-state index is 12.3. The van der Waals surface area contributed by atoms with Crippen LogP contribution in [0.4, 0.5) is 18.9 Å². The van der Waals surface area contributed by atoms with Gasteiger partial charge < -0.3 is 9.64 Å². The molecular weight excluding hydrogens is 548 g/mol. The third-order valence-corrected chi connectivity index (χ3v) is 6.66. The Morgan fingerprint density at radius 3 is 2.30 bits per heavy atom. The fourth-order valence-corrected chi connectivity index (χ4v) is 4.66. The van der Waals surface area contributed by atoms with Gasteiger partial charge in [0.1, 0.15) is 12.1 Å². The van der Waals surface area contributed by atoms with E-state index in [1.165, 1.54) is 47.0 Å². The Bertz CT molecular complexity index is 1450. The number of amidine groups is 1. The van der Waals surface area contributed by atoms with Crippen molar-refractivity contribution >= 4 is 52.0 Å². The number of alkyl halides is 3. The molecule has 13 heteroatoms. The normalized spacial score (nSPS) is 14.8. The van der Waals surface area contributed by atoms with Gasteiger partial charge in [-0.05, 0) is 42.0 Å². The predicted molar refractivity (Wildman–Crippen MR) is 140 cm³/mol. The van der Waals surface area contributed by atoms with Crippen molar-refractivity contribution < 1.29 is 17.9 Å². The monoisotopic (exact) mass is 562 g/mol. The van der Waals surface area contributed by atoms with Gasteiger partial charge in [-0.25, -0.2) is 9.67 Å². The van der Waals surface area contributed by atoms with Gasteiger partial charge in [-0.15, -0.1) is 23.4 Å². The second kappa shape index (κ2) is 10.4. The first kappa shape index (κ1) is 25.1. The van der Waals surface area contributed by atoms with Crippen LogP contribution in [0.3, 0.4) is 0 Å². The number of halogens is 5. The highest BCUT2D eigenvalue weighted by Gasteiger charge is 2.31. The molecular formula is C24H15Cl2F3N6OS. The lowest BCUT2D eigenvalue weighted by Gasteiger charge is -2.33. The average Bonchev–Trinajstić information content (AvgIpc) is 3.33. The number of nitrogens with zero attached hydrogens (tertiary/aromatic N) is 6. The second-order valence-electron chi connectivity index (χ2n) is 7.58. The number of aromatic nitrogens is 3. The van der Waals surface area contributed by atoms with Crippen molar-refractivity contribution in [3.8, 4) is 22.8 Å². The predicted octanol–water partition coefficient (Wildman–Crippen LogP) is 7.04. The summed E-state index contributed by atoms with van der Waals surface area (Å²) in [5, 5.41) is 14.6. The lowest BCUT2D eigenvalue weighted by molar-refractivity contribution is -0.274. The van der Waals surface area contributed by atoms with E-state index in [9.17, 15) is 13.2 Å². The standard InChI is InChI=1S/C24H15Cl2F3N6OS/c25-19-2-1-3-20(26)21(19)34-14-37-23(34)32-31-12-15-4-6-16(7-5-15)22-30-13-35(33-22)17-8-10-18(11-9-17)36-24(27,28)29/h1-13H,14H2/b31-12+,32-23-. The molecule has 4 aromatic rings. The Hall–Kier alpha value is -3.54. The summed E-state index contributed by atoms with van der Waals surface area (Å²) in [6.45, 7) is 0. The highest BCUT2D eigenvalue weighted by molar-refractivity contribution is 8.16. The zero-order valence-electron chi connectivity index (χ0n) is 18.6. The van der Waals surface area contributed by atoms with Gasteiger partial charge in [0, 0.05) is 5.56 Å². The molecule has 1 aliphatic heterocycles.